The topological polar surface area (TPSA) is 55.5 Å². The van der Waals surface area contributed by atoms with Crippen molar-refractivity contribution in [2.45, 2.75) is 32.7 Å². The number of amides is 1. The molecule has 2 aromatic carbocycles. The number of piperazine rings is 1. The van der Waals surface area contributed by atoms with E-state index in [4.69, 9.17) is 0 Å². The zero-order valence-corrected chi connectivity index (χ0v) is 18.5. The maximum absolute atomic E-state index is 13.3. The number of rotatable bonds is 3. The van der Waals surface area contributed by atoms with E-state index in [2.05, 4.69) is 57.3 Å². The van der Waals surface area contributed by atoms with Gasteiger partial charge in [0.2, 0.25) is 0 Å². The molecule has 5 rings (SSSR count). The summed E-state index contributed by atoms with van der Waals surface area (Å²) in [6.45, 7) is 10.0. The number of para-hydroxylation sites is 1. The minimum atomic E-state index is 0.0556. The highest BCUT2D eigenvalue weighted by Crippen LogP contribution is 2.25. The summed E-state index contributed by atoms with van der Waals surface area (Å²) in [5.74, 6) is 0.0556. The first kappa shape index (κ1) is 20.1. The van der Waals surface area contributed by atoms with Crippen molar-refractivity contribution in [3.05, 3.63) is 59.3 Å². The molecule has 6 heteroatoms. The number of hydrogen-bond acceptors (Lipinski definition) is 4. The molecule has 3 aromatic rings. The average molecular weight is 418 g/mol. The van der Waals surface area contributed by atoms with E-state index < -0.39 is 0 Å². The number of H-pyrrole nitrogens is 1. The van der Waals surface area contributed by atoms with Crippen molar-refractivity contribution >= 4 is 22.5 Å². The van der Waals surface area contributed by atoms with Crippen LogP contribution < -0.4 is 4.90 Å². The lowest BCUT2D eigenvalue weighted by molar-refractivity contribution is 0.0560. The zero-order chi connectivity index (χ0) is 21.4. The van der Waals surface area contributed by atoms with Crippen LogP contribution in [0.2, 0.25) is 0 Å². The molecule has 2 fully saturated rings. The third kappa shape index (κ3) is 3.92. The molecule has 0 saturated carbocycles. The van der Waals surface area contributed by atoms with Gasteiger partial charge in [-0.3, -0.25) is 14.8 Å². The standard InChI is InChI=1S/C25H31N5O/c1-18-9-10-22-21(16-18)24(27-26-22)25(31)30-11-5-7-20(17-30)28-12-14-29(15-13-28)23-8-4-3-6-19(23)2/h3-4,6,8-10,16,20H,5,7,11-15,17H2,1-2H3,(H,26,27)/t20-/m0/s1. The zero-order valence-electron chi connectivity index (χ0n) is 18.5. The smallest absolute Gasteiger partial charge is 0.275 e. The van der Waals surface area contributed by atoms with E-state index in [1.165, 1.54) is 11.3 Å². The van der Waals surface area contributed by atoms with Gasteiger partial charge in [-0.2, -0.15) is 5.10 Å². The number of carbonyl (C=O) groups excluding carboxylic acids is 1. The molecule has 2 saturated heterocycles. The van der Waals surface area contributed by atoms with Gasteiger partial charge >= 0.3 is 0 Å². The minimum Gasteiger partial charge on any atom is -0.369 e. The van der Waals surface area contributed by atoms with Crippen LogP contribution in [0.25, 0.3) is 10.9 Å². The van der Waals surface area contributed by atoms with Gasteiger partial charge in [0, 0.05) is 56.4 Å². The predicted molar refractivity (Wildman–Crippen MR) is 125 cm³/mol. The van der Waals surface area contributed by atoms with Crippen molar-refractivity contribution in [1.82, 2.24) is 20.0 Å². The summed E-state index contributed by atoms with van der Waals surface area (Å²) in [5.41, 5.74) is 5.32. The third-order valence-corrected chi connectivity index (χ3v) is 6.89. The molecule has 2 aliphatic heterocycles. The molecule has 1 atom stereocenters. The second kappa shape index (κ2) is 8.35. The van der Waals surface area contributed by atoms with Crippen LogP contribution in [-0.2, 0) is 0 Å². The number of aryl methyl sites for hydroxylation is 2. The highest BCUT2D eigenvalue weighted by molar-refractivity contribution is 6.04. The van der Waals surface area contributed by atoms with Crippen LogP contribution in [0.3, 0.4) is 0 Å². The van der Waals surface area contributed by atoms with Crippen LogP contribution in [0.4, 0.5) is 5.69 Å². The van der Waals surface area contributed by atoms with E-state index in [0.717, 1.165) is 68.6 Å². The van der Waals surface area contributed by atoms with Crippen LogP contribution in [0.15, 0.2) is 42.5 Å². The van der Waals surface area contributed by atoms with Gasteiger partial charge in [0.1, 0.15) is 0 Å². The van der Waals surface area contributed by atoms with Gasteiger partial charge in [-0.1, -0.05) is 29.8 Å². The lowest BCUT2D eigenvalue weighted by atomic mass is 10.0. The Morgan fingerprint density at radius 1 is 1.03 bits per heavy atom. The van der Waals surface area contributed by atoms with Crippen molar-refractivity contribution in [3.63, 3.8) is 0 Å². The number of aromatic nitrogens is 2. The number of anilines is 1. The maximum atomic E-state index is 13.3. The number of nitrogens with zero attached hydrogens (tertiary/aromatic N) is 4. The van der Waals surface area contributed by atoms with Gasteiger partial charge in [0.25, 0.3) is 5.91 Å². The fourth-order valence-electron chi connectivity index (χ4n) is 5.12. The largest absolute Gasteiger partial charge is 0.369 e. The Labute approximate surface area is 183 Å². The molecule has 0 unspecified atom stereocenters. The monoisotopic (exact) mass is 417 g/mol. The molecule has 6 nitrogen and oxygen atoms in total. The molecule has 2 aliphatic rings. The Balaban J connectivity index is 1.25. The summed E-state index contributed by atoms with van der Waals surface area (Å²) in [7, 11) is 0. The number of hydrogen-bond donors (Lipinski definition) is 1. The maximum Gasteiger partial charge on any atom is 0.275 e. The molecular formula is C25H31N5O. The Morgan fingerprint density at radius 3 is 2.65 bits per heavy atom. The number of benzene rings is 2. The predicted octanol–water partition coefficient (Wildman–Crippen LogP) is 3.61. The van der Waals surface area contributed by atoms with Crippen molar-refractivity contribution in [3.8, 4) is 0 Å². The van der Waals surface area contributed by atoms with E-state index in [1.807, 2.05) is 24.0 Å². The lowest BCUT2D eigenvalue weighted by Gasteiger charge is -2.44. The highest BCUT2D eigenvalue weighted by atomic mass is 16.2. The number of likely N-dealkylation sites (tertiary alicyclic amines) is 1. The van der Waals surface area contributed by atoms with E-state index in [9.17, 15) is 4.79 Å². The first-order chi connectivity index (χ1) is 15.1. The van der Waals surface area contributed by atoms with Crippen molar-refractivity contribution < 1.29 is 4.79 Å². The summed E-state index contributed by atoms with van der Waals surface area (Å²) >= 11 is 0. The molecule has 0 bridgehead atoms. The SMILES string of the molecule is Cc1ccc2[nH]nc(C(=O)N3CCC[C@H](N4CCN(c5ccccc5C)CC4)C3)c2c1. The van der Waals surface area contributed by atoms with Gasteiger partial charge < -0.3 is 9.80 Å². The molecule has 0 radical (unpaired) electrons. The lowest BCUT2D eigenvalue weighted by Crippen LogP contribution is -2.56. The number of piperidine rings is 1. The van der Waals surface area contributed by atoms with Crippen LogP contribution in [-0.4, -0.2) is 71.2 Å². The number of aromatic amines is 1. The van der Waals surface area contributed by atoms with E-state index in [1.54, 1.807) is 0 Å². The van der Waals surface area contributed by atoms with Crippen LogP contribution >= 0.6 is 0 Å². The fraction of sp³-hybridized carbons (Fsp3) is 0.440. The first-order valence-corrected chi connectivity index (χ1v) is 11.4. The van der Waals surface area contributed by atoms with Gasteiger partial charge in [-0.25, -0.2) is 0 Å². The number of nitrogens with one attached hydrogen (secondary N) is 1. The molecule has 1 N–H and O–H groups in total. The van der Waals surface area contributed by atoms with Crippen LogP contribution in [0.5, 0.6) is 0 Å². The van der Waals surface area contributed by atoms with Gasteiger partial charge in [0.05, 0.1) is 5.52 Å². The summed E-state index contributed by atoms with van der Waals surface area (Å²) in [6, 6.07) is 15.2. The molecule has 1 aromatic heterocycles. The summed E-state index contributed by atoms with van der Waals surface area (Å²) in [4.78, 5) is 20.4. The normalized spacial score (nSPS) is 20.4. The minimum absolute atomic E-state index is 0.0556. The molecule has 0 aliphatic carbocycles. The fourth-order valence-corrected chi connectivity index (χ4v) is 5.12. The van der Waals surface area contributed by atoms with E-state index in [0.29, 0.717) is 11.7 Å². The van der Waals surface area contributed by atoms with Crippen molar-refractivity contribution in [1.29, 1.82) is 0 Å². The molecule has 162 valence electrons. The summed E-state index contributed by atoms with van der Waals surface area (Å²) in [6.07, 6.45) is 2.21. The summed E-state index contributed by atoms with van der Waals surface area (Å²) < 4.78 is 0. The Hall–Kier alpha value is -2.86. The average Bonchev–Trinajstić information content (AvgIpc) is 3.22. The van der Waals surface area contributed by atoms with Gasteiger partial charge in [0.15, 0.2) is 5.69 Å². The Bertz CT molecular complexity index is 1080. The van der Waals surface area contributed by atoms with Gasteiger partial charge in [-0.05, 0) is 50.5 Å². The van der Waals surface area contributed by atoms with Gasteiger partial charge in [-0.15, -0.1) is 0 Å². The third-order valence-electron chi connectivity index (χ3n) is 6.89. The second-order valence-corrected chi connectivity index (χ2v) is 8.98. The quantitative estimate of drug-likeness (QED) is 0.707. The van der Waals surface area contributed by atoms with E-state index >= 15 is 0 Å². The Morgan fingerprint density at radius 2 is 1.84 bits per heavy atom. The Kier molecular flexibility index (Phi) is 5.40. The molecule has 31 heavy (non-hydrogen) atoms. The molecule has 0 spiro atoms. The molecule has 1 amide bonds. The summed E-state index contributed by atoms with van der Waals surface area (Å²) in [5, 5.41) is 8.32. The van der Waals surface area contributed by atoms with Crippen molar-refractivity contribution in [2.24, 2.45) is 0 Å². The van der Waals surface area contributed by atoms with Crippen molar-refractivity contribution in [2.75, 3.05) is 44.2 Å². The number of carbonyl (C=O) groups is 1. The second-order valence-electron chi connectivity index (χ2n) is 8.98. The molecule has 3 heterocycles. The highest BCUT2D eigenvalue weighted by Gasteiger charge is 2.31. The van der Waals surface area contributed by atoms with Crippen LogP contribution in [0.1, 0.15) is 34.5 Å². The molecular weight excluding hydrogens is 386 g/mol. The van der Waals surface area contributed by atoms with E-state index in [-0.39, 0.29) is 5.91 Å². The van der Waals surface area contributed by atoms with Crippen LogP contribution in [0, 0.1) is 13.8 Å². The number of fused-ring (bicyclic) bond motifs is 1. The first-order valence-electron chi connectivity index (χ1n) is 11.4.